The molecule has 0 heterocycles. The standard InChI is InChI=1S/C15H20F6O5S2/c1-11(2)9-4-5-13(11,10(22)6-9)7-27(23,24)8-28(25,26)15(20,21)14(18,19)12(3,16)17/h9H,4-8H2,1-3H3. The Labute approximate surface area is 158 Å². The van der Waals surface area contributed by atoms with Crippen molar-refractivity contribution in [3.63, 3.8) is 0 Å². The Morgan fingerprint density at radius 2 is 1.54 bits per heavy atom. The van der Waals surface area contributed by atoms with Crippen LogP contribution in [0, 0.1) is 16.7 Å². The fourth-order valence-electron chi connectivity index (χ4n) is 4.29. The zero-order valence-corrected chi connectivity index (χ0v) is 16.9. The van der Waals surface area contributed by atoms with Crippen molar-refractivity contribution in [2.24, 2.45) is 16.7 Å². The molecule has 0 saturated heterocycles. The number of hydrogen-bond acceptors (Lipinski definition) is 5. The van der Waals surface area contributed by atoms with E-state index in [-0.39, 0.29) is 18.8 Å². The fourth-order valence-corrected chi connectivity index (χ4v) is 9.10. The lowest BCUT2D eigenvalue weighted by Crippen LogP contribution is -2.57. The van der Waals surface area contributed by atoms with Crippen LogP contribution in [0.4, 0.5) is 26.3 Å². The van der Waals surface area contributed by atoms with Gasteiger partial charge in [-0.2, -0.15) is 26.3 Å². The molecule has 2 rings (SSSR count). The number of ketones is 1. The smallest absolute Gasteiger partial charge is 0.299 e. The van der Waals surface area contributed by atoms with Gasteiger partial charge in [0.2, 0.25) is 9.84 Å². The number of hydrogen-bond donors (Lipinski definition) is 0. The molecule has 0 aliphatic heterocycles. The molecule has 0 amide bonds. The first-order valence-electron chi connectivity index (χ1n) is 8.24. The number of alkyl halides is 6. The Balaban J connectivity index is 2.38. The van der Waals surface area contributed by atoms with Gasteiger partial charge >= 0.3 is 17.1 Å². The third kappa shape index (κ3) is 3.07. The van der Waals surface area contributed by atoms with Crippen molar-refractivity contribution in [2.75, 3.05) is 10.8 Å². The van der Waals surface area contributed by atoms with Crippen molar-refractivity contribution in [3.8, 4) is 0 Å². The average Bonchev–Trinajstić information content (AvgIpc) is 2.77. The molecular formula is C15H20F6O5S2. The van der Waals surface area contributed by atoms with Gasteiger partial charge in [0.25, 0.3) is 0 Å². The molecular weight excluding hydrogens is 438 g/mol. The second-order valence-corrected chi connectivity index (χ2v) is 12.7. The quantitative estimate of drug-likeness (QED) is 0.548. The van der Waals surface area contributed by atoms with Gasteiger partial charge in [0.05, 0.1) is 5.75 Å². The number of fused-ring (bicyclic) bond motifs is 2. The van der Waals surface area contributed by atoms with Crippen molar-refractivity contribution < 1.29 is 48.0 Å². The molecule has 164 valence electrons. The molecule has 0 radical (unpaired) electrons. The summed E-state index contributed by atoms with van der Waals surface area (Å²) in [6, 6.07) is 0. The van der Waals surface area contributed by atoms with E-state index >= 15 is 0 Å². The second kappa shape index (κ2) is 6.08. The van der Waals surface area contributed by atoms with Gasteiger partial charge in [-0.25, -0.2) is 16.8 Å². The number of Topliss-reactive ketones (excluding diaryl/α,β-unsaturated/α-hetero) is 1. The Bertz CT molecular complexity index is 888. The maximum Gasteiger partial charge on any atom is 0.414 e. The van der Waals surface area contributed by atoms with Crippen LogP contribution in [0.2, 0.25) is 0 Å². The Morgan fingerprint density at radius 3 is 1.89 bits per heavy atom. The summed E-state index contributed by atoms with van der Waals surface area (Å²) in [5, 5.41) is -8.79. The second-order valence-electron chi connectivity index (χ2n) is 8.27. The highest BCUT2D eigenvalue weighted by atomic mass is 32.3. The highest BCUT2D eigenvalue weighted by Crippen LogP contribution is 2.64. The summed E-state index contributed by atoms with van der Waals surface area (Å²) in [5.74, 6) is -13.5. The van der Waals surface area contributed by atoms with Gasteiger partial charge in [0.1, 0.15) is 5.78 Å². The van der Waals surface area contributed by atoms with Crippen LogP contribution < -0.4 is 0 Å². The van der Waals surface area contributed by atoms with Crippen molar-refractivity contribution in [3.05, 3.63) is 0 Å². The van der Waals surface area contributed by atoms with Crippen molar-refractivity contribution in [1.29, 1.82) is 0 Å². The normalized spacial score (nSPS) is 28.8. The highest BCUT2D eigenvalue weighted by molar-refractivity contribution is 8.08. The Kier molecular flexibility index (Phi) is 5.09. The lowest BCUT2D eigenvalue weighted by Gasteiger charge is -2.36. The van der Waals surface area contributed by atoms with Gasteiger partial charge in [-0.15, -0.1) is 0 Å². The number of halogens is 6. The molecule has 0 spiro atoms. The largest absolute Gasteiger partial charge is 0.414 e. The molecule has 2 bridgehead atoms. The van der Waals surface area contributed by atoms with E-state index < -0.39 is 71.1 Å². The molecule has 0 aromatic heterocycles. The van der Waals surface area contributed by atoms with Crippen LogP contribution in [0.15, 0.2) is 0 Å². The van der Waals surface area contributed by atoms with Crippen LogP contribution in [-0.4, -0.2) is 50.6 Å². The zero-order chi connectivity index (χ0) is 22.2. The Morgan fingerprint density at radius 1 is 1.04 bits per heavy atom. The summed E-state index contributed by atoms with van der Waals surface area (Å²) in [6.07, 6.45) is 0.602. The molecule has 0 aromatic carbocycles. The first-order chi connectivity index (χ1) is 12.1. The van der Waals surface area contributed by atoms with E-state index in [4.69, 9.17) is 0 Å². The third-order valence-electron chi connectivity index (χ3n) is 6.25. The number of sulfone groups is 2. The topological polar surface area (TPSA) is 85.3 Å². The number of rotatable bonds is 7. The predicted octanol–water partition coefficient (Wildman–Crippen LogP) is 3.05. The zero-order valence-electron chi connectivity index (χ0n) is 15.2. The van der Waals surface area contributed by atoms with Crippen LogP contribution in [0.1, 0.15) is 40.0 Å². The summed E-state index contributed by atoms with van der Waals surface area (Å²) in [5.41, 5.74) is -2.37. The van der Waals surface area contributed by atoms with Crippen LogP contribution in [-0.2, 0) is 24.5 Å². The number of carbonyl (C=O) groups is 1. The Hall–Kier alpha value is -0.850. The first-order valence-corrected chi connectivity index (χ1v) is 11.7. The monoisotopic (exact) mass is 458 g/mol. The minimum atomic E-state index is -6.54. The molecule has 13 heteroatoms. The van der Waals surface area contributed by atoms with Crippen molar-refractivity contribution in [1.82, 2.24) is 0 Å². The van der Waals surface area contributed by atoms with Gasteiger partial charge in [0, 0.05) is 18.8 Å². The van der Waals surface area contributed by atoms with Crippen LogP contribution >= 0.6 is 0 Å². The van der Waals surface area contributed by atoms with E-state index in [1.54, 1.807) is 13.8 Å². The summed E-state index contributed by atoms with van der Waals surface area (Å²) in [6.45, 7) is 2.60. The van der Waals surface area contributed by atoms with Crippen LogP contribution in [0.25, 0.3) is 0 Å². The fraction of sp³-hybridized carbons (Fsp3) is 0.933. The van der Waals surface area contributed by atoms with Gasteiger partial charge in [0.15, 0.2) is 14.9 Å². The van der Waals surface area contributed by atoms with Gasteiger partial charge in [-0.05, 0) is 24.2 Å². The van der Waals surface area contributed by atoms with Gasteiger partial charge in [-0.3, -0.25) is 4.79 Å². The summed E-state index contributed by atoms with van der Waals surface area (Å²) in [7, 11) is -11.6. The van der Waals surface area contributed by atoms with E-state index in [1.165, 1.54) is 0 Å². The molecule has 2 aliphatic rings. The molecule has 5 nitrogen and oxygen atoms in total. The van der Waals surface area contributed by atoms with E-state index in [2.05, 4.69) is 0 Å². The van der Waals surface area contributed by atoms with Crippen LogP contribution in [0.3, 0.4) is 0 Å². The maximum atomic E-state index is 13.8. The van der Waals surface area contributed by atoms with E-state index in [0.29, 0.717) is 6.42 Å². The summed E-state index contributed by atoms with van der Waals surface area (Å²) >= 11 is 0. The SMILES string of the molecule is CC(F)(F)C(F)(F)C(F)(F)S(=O)(=O)CS(=O)(=O)CC12CCC(CC1=O)C2(C)C. The van der Waals surface area contributed by atoms with Crippen molar-refractivity contribution in [2.45, 2.75) is 57.1 Å². The van der Waals surface area contributed by atoms with Gasteiger partial charge in [-0.1, -0.05) is 13.8 Å². The molecule has 2 unspecified atom stereocenters. The molecule has 0 N–H and O–H groups in total. The molecule has 2 saturated carbocycles. The van der Waals surface area contributed by atoms with Crippen LogP contribution in [0.5, 0.6) is 0 Å². The average molecular weight is 458 g/mol. The van der Waals surface area contributed by atoms with E-state index in [0.717, 1.165) is 0 Å². The molecule has 2 atom stereocenters. The third-order valence-corrected chi connectivity index (χ3v) is 10.9. The summed E-state index contributed by atoms with van der Waals surface area (Å²) < 4.78 is 128. The lowest BCUT2D eigenvalue weighted by molar-refractivity contribution is -0.271. The van der Waals surface area contributed by atoms with E-state index in [9.17, 15) is 48.0 Å². The minimum Gasteiger partial charge on any atom is -0.299 e. The molecule has 2 aliphatic carbocycles. The predicted molar refractivity (Wildman–Crippen MR) is 86.7 cm³/mol. The minimum absolute atomic E-state index is 0.0472. The maximum absolute atomic E-state index is 13.8. The van der Waals surface area contributed by atoms with Gasteiger partial charge < -0.3 is 0 Å². The molecule has 0 aromatic rings. The van der Waals surface area contributed by atoms with E-state index in [1.807, 2.05) is 0 Å². The first kappa shape index (κ1) is 23.4. The van der Waals surface area contributed by atoms with Crippen molar-refractivity contribution >= 4 is 25.5 Å². The highest BCUT2D eigenvalue weighted by Gasteiger charge is 2.76. The summed E-state index contributed by atoms with van der Waals surface area (Å²) in [4.78, 5) is 12.3. The number of carbonyl (C=O) groups excluding carboxylic acids is 1. The molecule has 2 fully saturated rings. The molecule has 28 heavy (non-hydrogen) atoms. The lowest BCUT2D eigenvalue weighted by atomic mass is 9.70.